The highest BCUT2D eigenvalue weighted by molar-refractivity contribution is 8.18. The van der Waals surface area contributed by atoms with Crippen LogP contribution < -0.4 is 10.1 Å². The highest BCUT2D eigenvalue weighted by Gasteiger charge is 2.24. The van der Waals surface area contributed by atoms with Crippen LogP contribution in [-0.4, -0.2) is 17.7 Å². The zero-order valence-electron chi connectivity index (χ0n) is 15.8. The molecule has 0 unspecified atom stereocenters. The number of thioether (sulfide) groups is 1. The lowest BCUT2D eigenvalue weighted by atomic mass is 10.0. The third kappa shape index (κ3) is 4.18. The fourth-order valence-corrected chi connectivity index (χ4v) is 3.84. The molecule has 1 heterocycles. The number of hydrogen-bond donors (Lipinski definition) is 1. The normalized spacial score (nSPS) is 16.2. The Kier molecular flexibility index (Phi) is 5.37. The number of hydrogen-bond acceptors (Lipinski definition) is 4. The summed E-state index contributed by atoms with van der Waals surface area (Å²) in [7, 11) is 0. The Morgan fingerprint density at radius 2 is 1.93 bits per heavy atom. The van der Waals surface area contributed by atoms with Crippen molar-refractivity contribution in [3.63, 3.8) is 0 Å². The SMILES string of the molecule is C#CCOc1ccc2ccccc2c1/C=C1/SC(=Nc2ccc(C)cc2)NC1=O. The Balaban J connectivity index is 1.72. The summed E-state index contributed by atoms with van der Waals surface area (Å²) in [5, 5.41) is 5.43. The second-order valence-corrected chi connectivity index (χ2v) is 7.54. The van der Waals surface area contributed by atoms with Crippen molar-refractivity contribution in [3.8, 4) is 18.1 Å². The van der Waals surface area contributed by atoms with Crippen molar-refractivity contribution in [2.75, 3.05) is 6.61 Å². The quantitative estimate of drug-likeness (QED) is 0.494. The number of ether oxygens (including phenoxy) is 1. The summed E-state index contributed by atoms with van der Waals surface area (Å²) in [6.45, 7) is 2.18. The minimum absolute atomic E-state index is 0.161. The number of carbonyl (C=O) groups excluding carboxylic acids is 1. The molecule has 4 nitrogen and oxygen atoms in total. The number of rotatable bonds is 4. The molecular formula is C24H18N2O2S. The van der Waals surface area contributed by atoms with Gasteiger partial charge in [0.15, 0.2) is 5.17 Å². The first kappa shape index (κ1) is 18.9. The van der Waals surface area contributed by atoms with Crippen LogP contribution in [-0.2, 0) is 4.79 Å². The number of fused-ring (bicyclic) bond motifs is 1. The molecule has 0 radical (unpaired) electrons. The highest BCUT2D eigenvalue weighted by Crippen LogP contribution is 2.34. The van der Waals surface area contributed by atoms with Gasteiger partial charge in [-0.15, -0.1) is 6.42 Å². The van der Waals surface area contributed by atoms with E-state index in [2.05, 4.69) is 16.2 Å². The monoisotopic (exact) mass is 398 g/mol. The Morgan fingerprint density at radius 1 is 1.14 bits per heavy atom. The van der Waals surface area contributed by atoms with E-state index in [9.17, 15) is 4.79 Å². The van der Waals surface area contributed by atoms with Crippen LogP contribution >= 0.6 is 11.8 Å². The molecule has 1 amide bonds. The molecule has 0 saturated carbocycles. The molecule has 142 valence electrons. The minimum atomic E-state index is -0.184. The number of nitrogens with zero attached hydrogens (tertiary/aromatic N) is 1. The Labute approximate surface area is 173 Å². The van der Waals surface area contributed by atoms with Crippen molar-refractivity contribution in [1.82, 2.24) is 5.32 Å². The second-order valence-electron chi connectivity index (χ2n) is 6.51. The van der Waals surface area contributed by atoms with Crippen LogP contribution in [0, 0.1) is 19.3 Å². The molecule has 1 N–H and O–H groups in total. The highest BCUT2D eigenvalue weighted by atomic mass is 32.2. The Morgan fingerprint density at radius 3 is 2.72 bits per heavy atom. The first-order chi connectivity index (χ1) is 14.1. The lowest BCUT2D eigenvalue weighted by Crippen LogP contribution is -2.19. The van der Waals surface area contributed by atoms with Gasteiger partial charge in [0.05, 0.1) is 10.6 Å². The molecule has 1 aliphatic heterocycles. The molecule has 29 heavy (non-hydrogen) atoms. The van der Waals surface area contributed by atoms with Crippen molar-refractivity contribution in [2.24, 2.45) is 4.99 Å². The van der Waals surface area contributed by atoms with Crippen molar-refractivity contribution in [3.05, 3.63) is 76.7 Å². The van der Waals surface area contributed by atoms with Gasteiger partial charge in [-0.1, -0.05) is 53.9 Å². The van der Waals surface area contributed by atoms with Gasteiger partial charge in [0.1, 0.15) is 12.4 Å². The molecule has 1 saturated heterocycles. The summed E-state index contributed by atoms with van der Waals surface area (Å²) in [5.41, 5.74) is 2.78. The number of amides is 1. The van der Waals surface area contributed by atoms with Crippen molar-refractivity contribution in [2.45, 2.75) is 6.92 Å². The molecule has 4 rings (SSSR count). The van der Waals surface area contributed by atoms with Crippen molar-refractivity contribution < 1.29 is 9.53 Å². The third-order valence-corrected chi connectivity index (χ3v) is 5.34. The van der Waals surface area contributed by atoms with Gasteiger partial charge in [-0.05, 0) is 53.7 Å². The van der Waals surface area contributed by atoms with E-state index in [1.54, 1.807) is 0 Å². The van der Waals surface area contributed by atoms with Gasteiger partial charge in [-0.25, -0.2) is 4.99 Å². The summed E-state index contributed by atoms with van der Waals surface area (Å²) >= 11 is 1.31. The number of aryl methyl sites for hydroxylation is 1. The number of carbonyl (C=O) groups is 1. The Bertz CT molecular complexity index is 1190. The smallest absolute Gasteiger partial charge is 0.264 e. The van der Waals surface area contributed by atoms with Crippen LogP contribution in [0.1, 0.15) is 11.1 Å². The van der Waals surface area contributed by atoms with E-state index < -0.39 is 0 Å². The van der Waals surface area contributed by atoms with E-state index in [0.29, 0.717) is 15.8 Å². The maximum absolute atomic E-state index is 12.5. The molecule has 0 aromatic heterocycles. The molecule has 0 aliphatic carbocycles. The second kappa shape index (κ2) is 8.26. The molecule has 0 spiro atoms. The fourth-order valence-electron chi connectivity index (χ4n) is 3.02. The van der Waals surface area contributed by atoms with Crippen molar-refractivity contribution >= 4 is 45.4 Å². The predicted molar refractivity (Wildman–Crippen MR) is 120 cm³/mol. The number of benzene rings is 3. The standard InChI is InChI=1S/C24H18N2O2S/c1-3-14-28-21-13-10-17-6-4-5-7-19(17)20(21)15-22-23(27)26-24(29-22)25-18-11-8-16(2)9-12-18/h1,4-13,15H,14H2,2H3,(H,25,26,27)/b22-15+. The van der Waals surface area contributed by atoms with Crippen molar-refractivity contribution in [1.29, 1.82) is 0 Å². The summed E-state index contributed by atoms with van der Waals surface area (Å²) in [6, 6.07) is 19.6. The lowest BCUT2D eigenvalue weighted by molar-refractivity contribution is -0.115. The summed E-state index contributed by atoms with van der Waals surface area (Å²) in [5.74, 6) is 2.95. The van der Waals surface area contributed by atoms with Gasteiger partial charge in [0.25, 0.3) is 5.91 Å². The first-order valence-corrected chi connectivity index (χ1v) is 9.90. The van der Waals surface area contributed by atoms with Gasteiger partial charge in [0.2, 0.25) is 0 Å². The molecule has 0 bridgehead atoms. The molecule has 3 aromatic carbocycles. The van der Waals surface area contributed by atoms with Crippen LogP contribution in [0.15, 0.2) is 70.6 Å². The number of aliphatic imine (C=N–C) groups is 1. The minimum Gasteiger partial charge on any atom is -0.480 e. The summed E-state index contributed by atoms with van der Waals surface area (Å²) in [6.07, 6.45) is 7.19. The van der Waals surface area contributed by atoms with Crippen LogP contribution in [0.3, 0.4) is 0 Å². The molecule has 0 atom stereocenters. The van der Waals surface area contributed by atoms with Crippen LogP contribution in [0.4, 0.5) is 5.69 Å². The van der Waals surface area contributed by atoms with E-state index in [1.165, 1.54) is 11.8 Å². The average Bonchev–Trinajstić information content (AvgIpc) is 3.08. The number of amidine groups is 1. The largest absolute Gasteiger partial charge is 0.480 e. The zero-order valence-corrected chi connectivity index (χ0v) is 16.6. The topological polar surface area (TPSA) is 50.7 Å². The third-order valence-electron chi connectivity index (χ3n) is 4.43. The van der Waals surface area contributed by atoms with Gasteiger partial charge >= 0.3 is 0 Å². The van der Waals surface area contributed by atoms with E-state index in [-0.39, 0.29) is 12.5 Å². The number of terminal acetylenes is 1. The molecule has 3 aromatic rings. The molecule has 1 fully saturated rings. The zero-order chi connectivity index (χ0) is 20.2. The number of nitrogens with one attached hydrogen (secondary N) is 1. The van der Waals surface area contributed by atoms with Crippen LogP contribution in [0.25, 0.3) is 16.8 Å². The molecule has 5 heteroatoms. The predicted octanol–water partition coefficient (Wildman–Crippen LogP) is 5.05. The molecular weight excluding hydrogens is 380 g/mol. The maximum Gasteiger partial charge on any atom is 0.264 e. The summed E-state index contributed by atoms with van der Waals surface area (Å²) < 4.78 is 5.72. The Hall–Kier alpha value is -3.49. The van der Waals surface area contributed by atoms with E-state index >= 15 is 0 Å². The first-order valence-electron chi connectivity index (χ1n) is 9.08. The van der Waals surface area contributed by atoms with Crippen LogP contribution in [0.5, 0.6) is 5.75 Å². The maximum atomic E-state index is 12.5. The lowest BCUT2D eigenvalue weighted by Gasteiger charge is -2.10. The van der Waals surface area contributed by atoms with E-state index in [1.807, 2.05) is 73.7 Å². The van der Waals surface area contributed by atoms with E-state index in [4.69, 9.17) is 11.2 Å². The van der Waals surface area contributed by atoms with Crippen LogP contribution in [0.2, 0.25) is 0 Å². The summed E-state index contributed by atoms with van der Waals surface area (Å²) in [4.78, 5) is 17.6. The fraction of sp³-hybridized carbons (Fsp3) is 0.0833. The van der Waals surface area contributed by atoms with Gasteiger partial charge in [-0.3, -0.25) is 4.79 Å². The van der Waals surface area contributed by atoms with Gasteiger partial charge in [0, 0.05) is 5.56 Å². The average molecular weight is 398 g/mol. The van der Waals surface area contributed by atoms with E-state index in [0.717, 1.165) is 27.6 Å². The van der Waals surface area contributed by atoms with Gasteiger partial charge < -0.3 is 10.1 Å². The van der Waals surface area contributed by atoms with Gasteiger partial charge in [-0.2, -0.15) is 0 Å². The molecule has 1 aliphatic rings.